The van der Waals surface area contributed by atoms with E-state index in [1.807, 2.05) is 36.4 Å². The van der Waals surface area contributed by atoms with Gasteiger partial charge in [-0.2, -0.15) is 0 Å². The fraction of sp³-hybridized carbons (Fsp3) is 0.478. The predicted octanol–water partition coefficient (Wildman–Crippen LogP) is 5.14. The monoisotopic (exact) mass is 420 g/mol. The largest absolute Gasteiger partial charge is 0.393 e. The lowest BCUT2D eigenvalue weighted by Gasteiger charge is -2.37. The van der Waals surface area contributed by atoms with Gasteiger partial charge in [-0.15, -0.1) is 0 Å². The Hall–Kier alpha value is -1.26. The molecule has 0 radical (unpaired) electrons. The van der Waals surface area contributed by atoms with E-state index in [4.69, 9.17) is 23.2 Å². The Labute approximate surface area is 178 Å². The van der Waals surface area contributed by atoms with Crippen LogP contribution in [0.5, 0.6) is 0 Å². The van der Waals surface area contributed by atoms with Crippen LogP contribution in [0.3, 0.4) is 0 Å². The van der Waals surface area contributed by atoms with E-state index in [1.54, 1.807) is 0 Å². The summed E-state index contributed by atoms with van der Waals surface area (Å²) in [5, 5.41) is 12.1. The first-order valence-electron chi connectivity index (χ1n) is 10.2. The van der Waals surface area contributed by atoms with Gasteiger partial charge in [0.25, 0.3) is 0 Å². The van der Waals surface area contributed by atoms with Crippen LogP contribution in [0, 0.1) is 5.92 Å². The van der Waals surface area contributed by atoms with Crippen molar-refractivity contribution < 1.29 is 5.11 Å². The van der Waals surface area contributed by atoms with Gasteiger partial charge in [-0.25, -0.2) is 0 Å². The predicted molar refractivity (Wildman–Crippen MR) is 120 cm³/mol. The zero-order valence-electron chi connectivity index (χ0n) is 16.5. The molecule has 1 aliphatic heterocycles. The molecular weight excluding hydrogens is 391 g/mol. The molecule has 0 bridgehead atoms. The van der Waals surface area contributed by atoms with Crippen molar-refractivity contribution in [3.8, 4) is 0 Å². The Morgan fingerprint density at radius 1 is 0.964 bits per heavy atom. The maximum Gasteiger partial charge on any atom is 0.0578 e. The molecule has 2 aromatic rings. The van der Waals surface area contributed by atoms with Crippen molar-refractivity contribution in [2.45, 2.75) is 32.3 Å². The number of anilines is 1. The number of aryl methyl sites for hydroxylation is 1. The van der Waals surface area contributed by atoms with Crippen molar-refractivity contribution in [1.82, 2.24) is 4.90 Å². The molecule has 152 valence electrons. The summed E-state index contributed by atoms with van der Waals surface area (Å²) < 4.78 is 0. The summed E-state index contributed by atoms with van der Waals surface area (Å²) in [7, 11) is 0. The molecular formula is C23H30Cl2N2O. The molecule has 0 aliphatic carbocycles. The number of benzene rings is 2. The number of hydrogen-bond acceptors (Lipinski definition) is 3. The minimum absolute atomic E-state index is 0.259. The number of halogens is 2. The second-order valence-corrected chi connectivity index (χ2v) is 8.71. The van der Waals surface area contributed by atoms with Crippen LogP contribution in [0.4, 0.5) is 5.69 Å². The molecule has 0 saturated carbocycles. The molecule has 1 fully saturated rings. The number of rotatable bonds is 8. The summed E-state index contributed by atoms with van der Waals surface area (Å²) in [5.74, 6) is 0.275. The van der Waals surface area contributed by atoms with E-state index in [2.05, 4.69) is 28.9 Å². The maximum atomic E-state index is 10.6. The van der Waals surface area contributed by atoms with Gasteiger partial charge < -0.3 is 10.0 Å². The van der Waals surface area contributed by atoms with Gasteiger partial charge in [0.15, 0.2) is 0 Å². The summed E-state index contributed by atoms with van der Waals surface area (Å²) in [4.78, 5) is 4.85. The molecule has 2 atom stereocenters. The van der Waals surface area contributed by atoms with Crippen molar-refractivity contribution in [2.75, 3.05) is 37.6 Å². The molecule has 1 aliphatic rings. The Kier molecular flexibility index (Phi) is 8.04. The van der Waals surface area contributed by atoms with Gasteiger partial charge in [-0.3, -0.25) is 4.90 Å². The van der Waals surface area contributed by atoms with E-state index in [1.165, 1.54) is 11.3 Å². The zero-order valence-corrected chi connectivity index (χ0v) is 18.0. The van der Waals surface area contributed by atoms with Gasteiger partial charge >= 0.3 is 0 Å². The van der Waals surface area contributed by atoms with E-state index in [0.717, 1.165) is 62.0 Å². The number of aliphatic hydroxyl groups is 1. The quantitative estimate of drug-likeness (QED) is 0.640. The second kappa shape index (κ2) is 10.5. The van der Waals surface area contributed by atoms with E-state index < -0.39 is 0 Å². The minimum Gasteiger partial charge on any atom is -0.393 e. The fourth-order valence-corrected chi connectivity index (χ4v) is 4.28. The summed E-state index contributed by atoms with van der Waals surface area (Å²) in [6, 6.07) is 16.1. The lowest BCUT2D eigenvalue weighted by molar-refractivity contribution is 0.0779. The third-order valence-corrected chi connectivity index (χ3v) is 6.07. The zero-order chi connectivity index (χ0) is 19.9. The molecule has 2 unspecified atom stereocenters. The standard InChI is InChI=1S/C23H30Cl2N2O/c1-18(23(28)10-3-6-19-5-2-7-20(24)15-19)17-26-11-13-27(14-12-26)22-9-4-8-21(25)16-22/h2,4-5,7-9,15-16,18,23,28H,3,6,10-14,17H2,1H3. The Balaban J connectivity index is 1.38. The molecule has 28 heavy (non-hydrogen) atoms. The lowest BCUT2D eigenvalue weighted by Crippen LogP contribution is -2.48. The highest BCUT2D eigenvalue weighted by Gasteiger charge is 2.22. The number of hydrogen-bond donors (Lipinski definition) is 1. The van der Waals surface area contributed by atoms with E-state index in [9.17, 15) is 5.11 Å². The number of piperazine rings is 1. The topological polar surface area (TPSA) is 26.7 Å². The van der Waals surface area contributed by atoms with Crippen LogP contribution in [0.1, 0.15) is 25.3 Å². The highest BCUT2D eigenvalue weighted by molar-refractivity contribution is 6.31. The van der Waals surface area contributed by atoms with Gasteiger partial charge in [-0.05, 0) is 61.1 Å². The Morgan fingerprint density at radius 2 is 1.64 bits per heavy atom. The summed E-state index contributed by atoms with van der Waals surface area (Å²) >= 11 is 12.2. The van der Waals surface area contributed by atoms with Crippen molar-refractivity contribution in [2.24, 2.45) is 5.92 Å². The van der Waals surface area contributed by atoms with Crippen LogP contribution in [-0.2, 0) is 6.42 Å². The third kappa shape index (κ3) is 6.38. The van der Waals surface area contributed by atoms with Crippen LogP contribution in [0.2, 0.25) is 10.0 Å². The van der Waals surface area contributed by atoms with E-state index in [-0.39, 0.29) is 12.0 Å². The van der Waals surface area contributed by atoms with Gasteiger partial charge in [0.05, 0.1) is 6.10 Å². The van der Waals surface area contributed by atoms with E-state index in [0.29, 0.717) is 0 Å². The van der Waals surface area contributed by atoms with Gasteiger partial charge in [-0.1, -0.05) is 48.3 Å². The molecule has 1 saturated heterocycles. The highest BCUT2D eigenvalue weighted by Crippen LogP contribution is 2.22. The minimum atomic E-state index is -0.259. The summed E-state index contributed by atoms with van der Waals surface area (Å²) in [6.07, 6.45) is 2.51. The molecule has 0 spiro atoms. The average Bonchev–Trinajstić information content (AvgIpc) is 2.68. The SMILES string of the molecule is CC(CN1CCN(c2cccc(Cl)c2)CC1)C(O)CCCc1cccc(Cl)c1. The Morgan fingerprint density at radius 3 is 2.32 bits per heavy atom. The first kappa shape index (κ1) is 21.4. The fourth-order valence-electron chi connectivity index (χ4n) is 3.88. The molecule has 3 rings (SSSR count). The van der Waals surface area contributed by atoms with Crippen LogP contribution in [-0.4, -0.2) is 48.8 Å². The maximum absolute atomic E-state index is 10.6. The van der Waals surface area contributed by atoms with Crippen molar-refractivity contribution in [3.05, 3.63) is 64.1 Å². The molecule has 0 aromatic heterocycles. The van der Waals surface area contributed by atoms with Crippen LogP contribution in [0.15, 0.2) is 48.5 Å². The average molecular weight is 421 g/mol. The van der Waals surface area contributed by atoms with Crippen molar-refractivity contribution in [1.29, 1.82) is 0 Å². The van der Waals surface area contributed by atoms with Gasteiger partial charge in [0, 0.05) is 48.5 Å². The van der Waals surface area contributed by atoms with Gasteiger partial charge in [0.2, 0.25) is 0 Å². The number of aliphatic hydroxyl groups excluding tert-OH is 1. The molecule has 0 amide bonds. The molecule has 1 heterocycles. The molecule has 1 N–H and O–H groups in total. The van der Waals surface area contributed by atoms with Crippen molar-refractivity contribution in [3.63, 3.8) is 0 Å². The summed E-state index contributed by atoms with van der Waals surface area (Å²) in [5.41, 5.74) is 2.44. The van der Waals surface area contributed by atoms with Crippen LogP contribution < -0.4 is 4.90 Å². The second-order valence-electron chi connectivity index (χ2n) is 7.83. The normalized spacial score (nSPS) is 17.5. The third-order valence-electron chi connectivity index (χ3n) is 5.60. The van der Waals surface area contributed by atoms with Crippen LogP contribution in [0.25, 0.3) is 0 Å². The molecule has 5 heteroatoms. The van der Waals surface area contributed by atoms with E-state index >= 15 is 0 Å². The van der Waals surface area contributed by atoms with Crippen LogP contribution >= 0.6 is 23.2 Å². The Bertz CT molecular complexity index is 747. The lowest BCUT2D eigenvalue weighted by atomic mass is 9.97. The highest BCUT2D eigenvalue weighted by atomic mass is 35.5. The first-order valence-corrected chi connectivity index (χ1v) is 10.9. The first-order chi connectivity index (χ1) is 13.5. The van der Waals surface area contributed by atoms with Gasteiger partial charge in [0.1, 0.15) is 0 Å². The van der Waals surface area contributed by atoms with Crippen molar-refractivity contribution >= 4 is 28.9 Å². The smallest absolute Gasteiger partial charge is 0.0578 e. The molecule has 2 aromatic carbocycles. The molecule has 3 nitrogen and oxygen atoms in total. The summed E-state index contributed by atoms with van der Waals surface area (Å²) in [6.45, 7) is 7.14. The number of nitrogens with zero attached hydrogens (tertiary/aromatic N) is 2.